The zero-order valence-corrected chi connectivity index (χ0v) is 12.2. The lowest BCUT2D eigenvalue weighted by atomic mass is 9.75. The maximum atomic E-state index is 12.9. The quantitative estimate of drug-likeness (QED) is 0.799. The van der Waals surface area contributed by atoms with Gasteiger partial charge in [-0.2, -0.15) is 0 Å². The highest BCUT2D eigenvalue weighted by Crippen LogP contribution is 2.44. The number of amides is 2. The molecule has 1 atom stereocenters. The van der Waals surface area contributed by atoms with Gasteiger partial charge in [-0.05, 0) is 44.1 Å². The molecule has 0 saturated carbocycles. The Morgan fingerprint density at radius 2 is 2.00 bits per heavy atom. The van der Waals surface area contributed by atoms with E-state index in [9.17, 15) is 9.59 Å². The lowest BCUT2D eigenvalue weighted by molar-refractivity contribution is -0.148. The molecule has 5 nitrogen and oxygen atoms in total. The number of hydrogen-bond acceptors (Lipinski definition) is 4. The van der Waals surface area contributed by atoms with Crippen LogP contribution >= 0.6 is 11.6 Å². The fourth-order valence-electron chi connectivity index (χ4n) is 3.73. The molecule has 0 aromatic heterocycles. The van der Waals surface area contributed by atoms with E-state index in [1.54, 1.807) is 24.3 Å². The Hall–Kier alpha value is -1.59. The van der Waals surface area contributed by atoms with E-state index in [0.717, 1.165) is 30.8 Å². The van der Waals surface area contributed by atoms with Crippen LogP contribution in [-0.4, -0.2) is 42.1 Å². The van der Waals surface area contributed by atoms with Gasteiger partial charge in [0.05, 0.1) is 5.69 Å². The zero-order chi connectivity index (χ0) is 14.6. The molecule has 1 unspecified atom stereocenters. The summed E-state index contributed by atoms with van der Waals surface area (Å²) in [6, 6.07) is 6.74. The van der Waals surface area contributed by atoms with Crippen LogP contribution in [0, 0.1) is 5.92 Å². The van der Waals surface area contributed by atoms with Gasteiger partial charge in [-0.25, -0.2) is 9.69 Å². The van der Waals surface area contributed by atoms with E-state index in [2.05, 4.69) is 4.90 Å². The first kappa shape index (κ1) is 13.1. The summed E-state index contributed by atoms with van der Waals surface area (Å²) in [5, 5.41) is 0.489. The van der Waals surface area contributed by atoms with Gasteiger partial charge in [0.1, 0.15) is 0 Å². The molecule has 0 aliphatic carbocycles. The highest BCUT2D eigenvalue weighted by Gasteiger charge is 2.62. The third-order valence-corrected chi connectivity index (χ3v) is 5.02. The Kier molecular flexibility index (Phi) is 2.78. The molecule has 1 aromatic carbocycles. The predicted molar refractivity (Wildman–Crippen MR) is 77.3 cm³/mol. The molecule has 5 rings (SSSR count). The minimum absolute atomic E-state index is 0.128. The van der Waals surface area contributed by atoms with Crippen LogP contribution in [0.4, 0.5) is 10.5 Å². The largest absolute Gasteiger partial charge is 0.430 e. The van der Waals surface area contributed by atoms with Crippen molar-refractivity contribution >= 4 is 29.3 Å². The summed E-state index contributed by atoms with van der Waals surface area (Å²) in [4.78, 5) is 28.5. The van der Waals surface area contributed by atoms with E-state index in [0.29, 0.717) is 17.3 Å². The molecule has 2 bridgehead atoms. The molecule has 1 aromatic rings. The summed E-state index contributed by atoms with van der Waals surface area (Å²) in [7, 11) is 0. The van der Waals surface area contributed by atoms with Crippen molar-refractivity contribution in [2.75, 3.05) is 24.5 Å². The molecular weight excluding hydrogens is 292 g/mol. The number of rotatable bonds is 1. The first-order valence-corrected chi connectivity index (χ1v) is 7.53. The Morgan fingerprint density at radius 3 is 2.62 bits per heavy atom. The second-order valence-electron chi connectivity index (χ2n) is 5.93. The van der Waals surface area contributed by atoms with Crippen LogP contribution < -0.4 is 4.90 Å². The Bertz CT molecular complexity index is 627. The molecule has 2 amide bonds. The van der Waals surface area contributed by atoms with Gasteiger partial charge >= 0.3 is 6.09 Å². The van der Waals surface area contributed by atoms with Crippen LogP contribution in [-0.2, 0) is 9.53 Å². The van der Waals surface area contributed by atoms with Gasteiger partial charge in [-0.1, -0.05) is 17.7 Å². The van der Waals surface area contributed by atoms with Crippen LogP contribution in [0.3, 0.4) is 0 Å². The summed E-state index contributed by atoms with van der Waals surface area (Å²) in [5.41, 5.74) is -0.513. The van der Waals surface area contributed by atoms with E-state index in [1.165, 1.54) is 0 Å². The number of hydrogen-bond donors (Lipinski definition) is 0. The van der Waals surface area contributed by atoms with E-state index in [4.69, 9.17) is 16.3 Å². The van der Waals surface area contributed by atoms with Crippen LogP contribution in [0.2, 0.25) is 5.02 Å². The molecule has 21 heavy (non-hydrogen) atoms. The molecule has 4 heterocycles. The molecule has 1 spiro atoms. The summed E-state index contributed by atoms with van der Waals surface area (Å²) >= 11 is 5.96. The van der Waals surface area contributed by atoms with Crippen molar-refractivity contribution in [2.45, 2.75) is 18.4 Å². The van der Waals surface area contributed by atoms with Crippen molar-refractivity contribution in [1.82, 2.24) is 4.90 Å². The van der Waals surface area contributed by atoms with Gasteiger partial charge in [0.25, 0.3) is 5.91 Å². The molecule has 0 N–H and O–H groups in total. The van der Waals surface area contributed by atoms with Crippen molar-refractivity contribution in [3.63, 3.8) is 0 Å². The van der Waals surface area contributed by atoms with Crippen molar-refractivity contribution in [3.05, 3.63) is 29.3 Å². The summed E-state index contributed by atoms with van der Waals surface area (Å²) in [5.74, 6) is -0.118. The van der Waals surface area contributed by atoms with Crippen LogP contribution in [0.25, 0.3) is 0 Å². The van der Waals surface area contributed by atoms with Crippen molar-refractivity contribution < 1.29 is 14.3 Å². The van der Waals surface area contributed by atoms with E-state index >= 15 is 0 Å². The van der Waals surface area contributed by atoms with Crippen LogP contribution in [0.5, 0.6) is 0 Å². The fourth-order valence-corrected chi connectivity index (χ4v) is 3.92. The number of carbonyl (C=O) groups excluding carboxylic acids is 2. The number of anilines is 1. The number of piperidine rings is 3. The topological polar surface area (TPSA) is 49.9 Å². The predicted octanol–water partition coefficient (Wildman–Crippen LogP) is 2.29. The van der Waals surface area contributed by atoms with Crippen molar-refractivity contribution in [1.29, 1.82) is 0 Å². The van der Waals surface area contributed by atoms with Gasteiger partial charge in [0.2, 0.25) is 5.60 Å². The standard InChI is InChI=1S/C15H15ClN2O3/c16-11-2-1-3-12(8-11)18-13(19)15(21-14(18)20)9-17-6-4-10(15)5-7-17/h1-3,8,10H,4-7,9H2. The minimum atomic E-state index is -0.990. The number of benzene rings is 1. The van der Waals surface area contributed by atoms with Crippen LogP contribution in [0.1, 0.15) is 12.8 Å². The highest BCUT2D eigenvalue weighted by molar-refractivity contribution is 6.31. The normalized spacial score (nSPS) is 34.6. The minimum Gasteiger partial charge on any atom is -0.430 e. The molecule has 4 fully saturated rings. The first-order chi connectivity index (χ1) is 10.1. The molecule has 4 aliphatic rings. The van der Waals surface area contributed by atoms with Gasteiger partial charge in [-0.3, -0.25) is 9.69 Å². The molecule has 4 saturated heterocycles. The molecule has 110 valence electrons. The summed E-state index contributed by atoms with van der Waals surface area (Å²) in [6.07, 6.45) is 1.22. The molecule has 6 heteroatoms. The molecule has 4 aliphatic heterocycles. The number of carbonyl (C=O) groups is 2. The number of nitrogens with zero attached hydrogens (tertiary/aromatic N) is 2. The number of halogens is 1. The third-order valence-electron chi connectivity index (χ3n) is 4.79. The summed E-state index contributed by atoms with van der Waals surface area (Å²) < 4.78 is 5.60. The highest BCUT2D eigenvalue weighted by atomic mass is 35.5. The lowest BCUT2D eigenvalue weighted by Crippen LogP contribution is -2.63. The van der Waals surface area contributed by atoms with E-state index < -0.39 is 11.7 Å². The average molecular weight is 307 g/mol. The fraction of sp³-hybridized carbons (Fsp3) is 0.467. The number of fused-ring (bicyclic) bond motifs is 2. The van der Waals surface area contributed by atoms with Gasteiger partial charge in [-0.15, -0.1) is 0 Å². The molecule has 0 radical (unpaired) electrons. The Balaban J connectivity index is 1.72. The zero-order valence-electron chi connectivity index (χ0n) is 11.4. The third kappa shape index (κ3) is 1.80. The lowest BCUT2D eigenvalue weighted by Gasteiger charge is -2.48. The van der Waals surface area contributed by atoms with Crippen molar-refractivity contribution in [3.8, 4) is 0 Å². The molecular formula is C15H15ClN2O3. The Labute approximate surface area is 127 Å². The van der Waals surface area contributed by atoms with Gasteiger partial charge in [0.15, 0.2) is 0 Å². The average Bonchev–Trinajstić information content (AvgIpc) is 2.71. The van der Waals surface area contributed by atoms with Gasteiger partial charge in [0, 0.05) is 17.5 Å². The maximum Gasteiger partial charge on any atom is 0.422 e. The smallest absolute Gasteiger partial charge is 0.422 e. The SMILES string of the molecule is O=C1OC2(CN3CCC2CC3)C(=O)N1c1cccc(Cl)c1. The number of ether oxygens (including phenoxy) is 1. The second-order valence-corrected chi connectivity index (χ2v) is 6.36. The monoisotopic (exact) mass is 306 g/mol. The van der Waals surface area contributed by atoms with E-state index in [1.807, 2.05) is 0 Å². The van der Waals surface area contributed by atoms with E-state index in [-0.39, 0.29) is 11.8 Å². The maximum absolute atomic E-state index is 12.9. The first-order valence-electron chi connectivity index (χ1n) is 7.16. The Morgan fingerprint density at radius 1 is 1.24 bits per heavy atom. The van der Waals surface area contributed by atoms with Crippen molar-refractivity contribution in [2.24, 2.45) is 5.92 Å². The second kappa shape index (κ2) is 4.45. The number of imide groups is 1. The van der Waals surface area contributed by atoms with Gasteiger partial charge < -0.3 is 4.74 Å². The summed E-state index contributed by atoms with van der Waals surface area (Å²) in [6.45, 7) is 2.47. The van der Waals surface area contributed by atoms with Crippen LogP contribution in [0.15, 0.2) is 24.3 Å².